The number of allylic oxidation sites excluding steroid dienone is 1. The average molecular weight is 252 g/mol. The van der Waals surface area contributed by atoms with Gasteiger partial charge in [0, 0.05) is 0 Å². The number of carbonyl (C=O) groups is 1. The van der Waals surface area contributed by atoms with Gasteiger partial charge in [0.25, 0.3) is 0 Å². The van der Waals surface area contributed by atoms with Gasteiger partial charge in [-0.1, -0.05) is 42.5 Å². The van der Waals surface area contributed by atoms with E-state index in [1.807, 2.05) is 60.7 Å². The van der Waals surface area contributed by atoms with Crippen molar-refractivity contribution in [1.82, 2.24) is 0 Å². The van der Waals surface area contributed by atoms with Gasteiger partial charge in [-0.3, -0.25) is 4.79 Å². The molecule has 0 spiro atoms. The molecule has 19 heavy (non-hydrogen) atoms. The molecule has 0 unspecified atom stereocenters. The van der Waals surface area contributed by atoms with E-state index in [1.165, 1.54) is 0 Å². The van der Waals surface area contributed by atoms with Crippen LogP contribution in [0.15, 0.2) is 60.2 Å². The van der Waals surface area contributed by atoms with Crippen molar-refractivity contribution in [3.05, 3.63) is 71.3 Å². The number of rotatable bonds is 5. The largest absolute Gasteiger partial charge is 0.489 e. The Morgan fingerprint density at radius 1 is 1.11 bits per heavy atom. The third-order valence-electron chi connectivity index (χ3n) is 2.69. The summed E-state index contributed by atoms with van der Waals surface area (Å²) >= 11 is 0. The SMILES string of the molecule is CC(C=O)=Cc1cccc(OCc2ccccc2)c1. The van der Waals surface area contributed by atoms with Crippen LogP contribution in [0, 0.1) is 0 Å². The summed E-state index contributed by atoms with van der Waals surface area (Å²) in [6, 6.07) is 17.7. The summed E-state index contributed by atoms with van der Waals surface area (Å²) in [5.41, 5.74) is 2.79. The zero-order valence-corrected chi connectivity index (χ0v) is 10.9. The lowest BCUT2D eigenvalue weighted by Gasteiger charge is -2.07. The van der Waals surface area contributed by atoms with E-state index in [0.29, 0.717) is 12.2 Å². The van der Waals surface area contributed by atoms with Crippen molar-refractivity contribution >= 4 is 12.4 Å². The molecule has 2 aromatic carbocycles. The Bertz CT molecular complexity index is 571. The number of carbonyl (C=O) groups excluding carboxylic acids is 1. The van der Waals surface area contributed by atoms with E-state index in [4.69, 9.17) is 4.74 Å². The van der Waals surface area contributed by atoms with Gasteiger partial charge in [0.05, 0.1) is 0 Å². The molecule has 0 heterocycles. The molecular formula is C17H16O2. The second-order valence-electron chi connectivity index (χ2n) is 4.35. The summed E-state index contributed by atoms with van der Waals surface area (Å²) in [4.78, 5) is 10.6. The lowest BCUT2D eigenvalue weighted by molar-refractivity contribution is -0.104. The fourth-order valence-electron chi connectivity index (χ4n) is 1.73. The molecule has 0 radical (unpaired) electrons. The van der Waals surface area contributed by atoms with E-state index < -0.39 is 0 Å². The highest BCUT2D eigenvalue weighted by molar-refractivity contribution is 5.80. The molecule has 2 heteroatoms. The van der Waals surface area contributed by atoms with Crippen LogP contribution < -0.4 is 4.74 Å². The van der Waals surface area contributed by atoms with Gasteiger partial charge in [0.15, 0.2) is 0 Å². The Hall–Kier alpha value is -2.35. The molecule has 0 N–H and O–H groups in total. The quantitative estimate of drug-likeness (QED) is 0.596. The minimum absolute atomic E-state index is 0.542. The van der Waals surface area contributed by atoms with Gasteiger partial charge in [-0.15, -0.1) is 0 Å². The predicted molar refractivity (Wildman–Crippen MR) is 76.9 cm³/mol. The first-order valence-corrected chi connectivity index (χ1v) is 6.18. The van der Waals surface area contributed by atoms with E-state index in [0.717, 1.165) is 23.2 Å². The van der Waals surface area contributed by atoms with Gasteiger partial charge in [0.1, 0.15) is 18.6 Å². The summed E-state index contributed by atoms with van der Waals surface area (Å²) in [5.74, 6) is 0.802. The van der Waals surface area contributed by atoms with Crippen molar-refractivity contribution in [3.8, 4) is 5.75 Å². The van der Waals surface area contributed by atoms with Crippen LogP contribution in [-0.4, -0.2) is 6.29 Å². The molecule has 0 aliphatic carbocycles. The van der Waals surface area contributed by atoms with Gasteiger partial charge in [0.2, 0.25) is 0 Å². The normalized spacial score (nSPS) is 11.1. The van der Waals surface area contributed by atoms with Crippen molar-refractivity contribution in [2.75, 3.05) is 0 Å². The second-order valence-corrected chi connectivity index (χ2v) is 4.35. The Balaban J connectivity index is 2.05. The van der Waals surface area contributed by atoms with E-state index in [2.05, 4.69) is 0 Å². The van der Waals surface area contributed by atoms with Crippen LogP contribution in [0.5, 0.6) is 5.75 Å². The number of benzene rings is 2. The minimum atomic E-state index is 0.542. The maximum Gasteiger partial charge on any atom is 0.145 e. The number of hydrogen-bond acceptors (Lipinski definition) is 2. The van der Waals surface area contributed by atoms with Crippen LogP contribution in [0.2, 0.25) is 0 Å². The van der Waals surface area contributed by atoms with Crippen molar-refractivity contribution in [2.24, 2.45) is 0 Å². The monoisotopic (exact) mass is 252 g/mol. The lowest BCUT2D eigenvalue weighted by atomic mass is 10.1. The predicted octanol–water partition coefficient (Wildman–Crippen LogP) is 3.87. The van der Waals surface area contributed by atoms with E-state index >= 15 is 0 Å². The highest BCUT2D eigenvalue weighted by atomic mass is 16.5. The second kappa shape index (κ2) is 6.55. The molecule has 0 aliphatic heterocycles. The molecule has 0 aliphatic rings. The third-order valence-corrected chi connectivity index (χ3v) is 2.69. The molecule has 96 valence electrons. The van der Waals surface area contributed by atoms with Crippen LogP contribution in [0.1, 0.15) is 18.1 Å². The molecule has 0 amide bonds. The first-order chi connectivity index (χ1) is 9.28. The average Bonchev–Trinajstić information content (AvgIpc) is 2.46. The van der Waals surface area contributed by atoms with Crippen LogP contribution in [0.25, 0.3) is 6.08 Å². The zero-order chi connectivity index (χ0) is 13.5. The van der Waals surface area contributed by atoms with E-state index in [9.17, 15) is 4.79 Å². The Kier molecular flexibility index (Phi) is 4.51. The maximum absolute atomic E-state index is 10.6. The van der Waals surface area contributed by atoms with Gasteiger partial charge in [-0.25, -0.2) is 0 Å². The van der Waals surface area contributed by atoms with Crippen LogP contribution in [0.4, 0.5) is 0 Å². The summed E-state index contributed by atoms with van der Waals surface area (Å²) in [5, 5.41) is 0. The molecule has 2 rings (SSSR count). The van der Waals surface area contributed by atoms with Crippen molar-refractivity contribution in [3.63, 3.8) is 0 Å². The molecule has 0 atom stereocenters. The lowest BCUT2D eigenvalue weighted by Crippen LogP contribution is -1.95. The fraction of sp³-hybridized carbons (Fsp3) is 0.118. The number of aldehydes is 1. The van der Waals surface area contributed by atoms with Crippen molar-refractivity contribution in [2.45, 2.75) is 13.5 Å². The van der Waals surface area contributed by atoms with Crippen LogP contribution in [0.3, 0.4) is 0 Å². The van der Waals surface area contributed by atoms with Gasteiger partial charge in [-0.2, -0.15) is 0 Å². The summed E-state index contributed by atoms with van der Waals surface area (Å²) in [7, 11) is 0. The highest BCUT2D eigenvalue weighted by Gasteiger charge is 1.97. The Morgan fingerprint density at radius 2 is 1.89 bits per heavy atom. The molecule has 0 aromatic heterocycles. The molecule has 0 fully saturated rings. The standard InChI is InChI=1S/C17H16O2/c1-14(12-18)10-16-8-5-9-17(11-16)19-13-15-6-3-2-4-7-15/h2-12H,13H2,1H3. The van der Waals surface area contributed by atoms with Gasteiger partial charge in [-0.05, 0) is 41.8 Å². The number of ether oxygens (including phenoxy) is 1. The topological polar surface area (TPSA) is 26.3 Å². The zero-order valence-electron chi connectivity index (χ0n) is 10.9. The molecule has 0 bridgehead atoms. The van der Waals surface area contributed by atoms with Gasteiger partial charge < -0.3 is 4.74 Å². The maximum atomic E-state index is 10.6. The molecule has 0 saturated heterocycles. The summed E-state index contributed by atoms with van der Waals surface area (Å²) in [6.07, 6.45) is 2.68. The number of hydrogen-bond donors (Lipinski definition) is 0. The fourth-order valence-corrected chi connectivity index (χ4v) is 1.73. The molecule has 0 saturated carbocycles. The van der Waals surface area contributed by atoms with Crippen LogP contribution in [-0.2, 0) is 11.4 Å². The summed E-state index contributed by atoms with van der Waals surface area (Å²) < 4.78 is 5.73. The van der Waals surface area contributed by atoms with Gasteiger partial charge >= 0.3 is 0 Å². The Morgan fingerprint density at radius 3 is 2.63 bits per heavy atom. The van der Waals surface area contributed by atoms with Crippen LogP contribution >= 0.6 is 0 Å². The summed E-state index contributed by atoms with van der Waals surface area (Å²) in [6.45, 7) is 2.32. The first-order valence-electron chi connectivity index (χ1n) is 6.18. The minimum Gasteiger partial charge on any atom is -0.489 e. The van der Waals surface area contributed by atoms with Crippen molar-refractivity contribution < 1.29 is 9.53 Å². The smallest absolute Gasteiger partial charge is 0.145 e. The highest BCUT2D eigenvalue weighted by Crippen LogP contribution is 2.17. The Labute approximate surface area is 113 Å². The molecule has 2 nitrogen and oxygen atoms in total. The molecular weight excluding hydrogens is 236 g/mol. The third kappa shape index (κ3) is 4.11. The van der Waals surface area contributed by atoms with E-state index in [1.54, 1.807) is 6.92 Å². The van der Waals surface area contributed by atoms with Crippen molar-refractivity contribution in [1.29, 1.82) is 0 Å². The molecule has 2 aromatic rings. The first kappa shape index (κ1) is 13.1. The van der Waals surface area contributed by atoms with E-state index in [-0.39, 0.29) is 0 Å².